The lowest BCUT2D eigenvalue weighted by Gasteiger charge is -2.22. The first kappa shape index (κ1) is 12.9. The lowest BCUT2D eigenvalue weighted by Crippen LogP contribution is -2.39. The fourth-order valence-electron chi connectivity index (χ4n) is 1.77. The number of hydrogen-bond donors (Lipinski definition) is 2. The predicted molar refractivity (Wildman–Crippen MR) is 69.9 cm³/mol. The summed E-state index contributed by atoms with van der Waals surface area (Å²) in [6, 6.07) is 0.0981. The highest BCUT2D eigenvalue weighted by atomic mass is 32.2. The molecule has 2 N–H and O–H groups in total. The van der Waals surface area contributed by atoms with E-state index < -0.39 is 10.8 Å². The molecular weight excluding hydrogens is 252 g/mol. The van der Waals surface area contributed by atoms with Gasteiger partial charge in [0.2, 0.25) is 0 Å². The second kappa shape index (κ2) is 5.90. The predicted octanol–water partition coefficient (Wildman–Crippen LogP) is 0.159. The maximum atomic E-state index is 11.9. The summed E-state index contributed by atoms with van der Waals surface area (Å²) in [5.74, 6) is 1.73. The van der Waals surface area contributed by atoms with Crippen molar-refractivity contribution in [2.45, 2.75) is 18.9 Å². The maximum Gasteiger partial charge on any atom is 0.271 e. The Bertz CT molecular complexity index is 439. The molecule has 0 bridgehead atoms. The van der Waals surface area contributed by atoms with Crippen LogP contribution in [0.4, 0.5) is 5.82 Å². The normalized spacial score (nSPS) is 23.4. The third-order valence-corrected chi connectivity index (χ3v) is 4.25. The Hall–Kier alpha value is -1.50. The topological polar surface area (TPSA) is 84.0 Å². The van der Waals surface area contributed by atoms with Crippen molar-refractivity contribution < 1.29 is 9.00 Å². The molecule has 0 spiro atoms. The summed E-state index contributed by atoms with van der Waals surface area (Å²) in [4.78, 5) is 20.0. The van der Waals surface area contributed by atoms with Crippen molar-refractivity contribution in [1.82, 2.24) is 15.3 Å². The second-order valence-electron chi connectivity index (χ2n) is 4.13. The average Bonchev–Trinajstić information content (AvgIpc) is 2.41. The van der Waals surface area contributed by atoms with Gasteiger partial charge in [-0.1, -0.05) is 0 Å². The number of carbonyl (C=O) groups is 1. The lowest BCUT2D eigenvalue weighted by atomic mass is 10.1. The molecule has 2 heterocycles. The Morgan fingerprint density at radius 3 is 2.61 bits per heavy atom. The molecule has 6 nitrogen and oxygen atoms in total. The van der Waals surface area contributed by atoms with Crippen LogP contribution in [0.5, 0.6) is 0 Å². The molecule has 1 fully saturated rings. The summed E-state index contributed by atoms with van der Waals surface area (Å²) in [5.41, 5.74) is 0.306. The van der Waals surface area contributed by atoms with E-state index in [1.807, 2.05) is 0 Å². The molecule has 0 saturated carbocycles. The number of aromatic nitrogens is 2. The summed E-state index contributed by atoms with van der Waals surface area (Å²) in [6.45, 7) is 0. The van der Waals surface area contributed by atoms with Gasteiger partial charge in [-0.15, -0.1) is 0 Å². The molecule has 98 valence electrons. The molecule has 1 aromatic rings. The van der Waals surface area contributed by atoms with Gasteiger partial charge in [-0.05, 0) is 12.8 Å². The number of amides is 1. The van der Waals surface area contributed by atoms with Gasteiger partial charge in [0.25, 0.3) is 5.91 Å². The summed E-state index contributed by atoms with van der Waals surface area (Å²) < 4.78 is 11.2. The molecule has 7 heteroatoms. The zero-order valence-corrected chi connectivity index (χ0v) is 11.0. The zero-order chi connectivity index (χ0) is 13.0. The number of nitrogens with zero attached hydrogens (tertiary/aromatic N) is 2. The highest BCUT2D eigenvalue weighted by Crippen LogP contribution is 2.10. The third-order valence-electron chi connectivity index (χ3n) is 2.86. The van der Waals surface area contributed by atoms with Crippen molar-refractivity contribution >= 4 is 22.5 Å². The lowest BCUT2D eigenvalue weighted by molar-refractivity contribution is 0.0929. The standard InChI is InChI=1S/C11H16N4O2S/c1-12-10-7-13-9(6-14-10)11(16)15-8-2-4-18(17)5-3-8/h6-8H,2-5H2,1H3,(H,12,14)(H,15,16). The molecule has 0 aliphatic carbocycles. The highest BCUT2D eigenvalue weighted by molar-refractivity contribution is 7.85. The van der Waals surface area contributed by atoms with Gasteiger partial charge >= 0.3 is 0 Å². The molecule has 2 rings (SSSR count). The van der Waals surface area contributed by atoms with Crippen LogP contribution in [0, 0.1) is 0 Å². The minimum Gasteiger partial charge on any atom is -0.372 e. The van der Waals surface area contributed by atoms with Crippen LogP contribution in [0.3, 0.4) is 0 Å². The Morgan fingerprint density at radius 2 is 2.06 bits per heavy atom. The van der Waals surface area contributed by atoms with Crippen LogP contribution in [0.15, 0.2) is 12.4 Å². The minimum atomic E-state index is -0.712. The first-order valence-electron chi connectivity index (χ1n) is 5.84. The third kappa shape index (κ3) is 3.25. The van der Waals surface area contributed by atoms with Crippen LogP contribution < -0.4 is 10.6 Å². The quantitative estimate of drug-likeness (QED) is 0.816. The van der Waals surface area contributed by atoms with Crippen LogP contribution in [0.25, 0.3) is 0 Å². The number of hydrogen-bond acceptors (Lipinski definition) is 5. The fourth-order valence-corrected chi connectivity index (χ4v) is 3.07. The Labute approximate surface area is 108 Å². The van der Waals surface area contributed by atoms with E-state index in [-0.39, 0.29) is 11.9 Å². The smallest absolute Gasteiger partial charge is 0.271 e. The first-order valence-corrected chi connectivity index (χ1v) is 7.33. The van der Waals surface area contributed by atoms with Gasteiger partial charge < -0.3 is 10.6 Å². The molecule has 0 aromatic carbocycles. The van der Waals surface area contributed by atoms with Crippen molar-refractivity contribution in [3.8, 4) is 0 Å². The van der Waals surface area contributed by atoms with E-state index in [1.165, 1.54) is 12.4 Å². The number of nitrogens with one attached hydrogen (secondary N) is 2. The van der Waals surface area contributed by atoms with Crippen molar-refractivity contribution in [1.29, 1.82) is 0 Å². The fraction of sp³-hybridized carbons (Fsp3) is 0.545. The summed E-state index contributed by atoms with van der Waals surface area (Å²) in [5, 5.41) is 5.74. The van der Waals surface area contributed by atoms with E-state index in [2.05, 4.69) is 20.6 Å². The molecule has 0 atom stereocenters. The van der Waals surface area contributed by atoms with Crippen molar-refractivity contribution in [2.24, 2.45) is 0 Å². The maximum absolute atomic E-state index is 11.9. The van der Waals surface area contributed by atoms with E-state index in [0.29, 0.717) is 23.0 Å². The van der Waals surface area contributed by atoms with Crippen molar-refractivity contribution in [3.63, 3.8) is 0 Å². The molecule has 0 unspecified atom stereocenters. The van der Waals surface area contributed by atoms with Gasteiger partial charge in [0, 0.05) is 35.4 Å². The van der Waals surface area contributed by atoms with E-state index in [4.69, 9.17) is 0 Å². The average molecular weight is 268 g/mol. The molecule has 1 amide bonds. The van der Waals surface area contributed by atoms with Gasteiger partial charge in [-0.25, -0.2) is 9.97 Å². The summed E-state index contributed by atoms with van der Waals surface area (Å²) >= 11 is 0. The first-order chi connectivity index (χ1) is 8.69. The Morgan fingerprint density at radius 1 is 1.33 bits per heavy atom. The van der Waals surface area contributed by atoms with E-state index >= 15 is 0 Å². The SMILES string of the molecule is CNc1cnc(C(=O)NC2CCS(=O)CC2)cn1. The second-order valence-corrected chi connectivity index (χ2v) is 5.83. The van der Waals surface area contributed by atoms with Gasteiger partial charge in [-0.2, -0.15) is 0 Å². The number of rotatable bonds is 3. The monoisotopic (exact) mass is 268 g/mol. The largest absolute Gasteiger partial charge is 0.372 e. The molecular formula is C11H16N4O2S. The molecule has 0 radical (unpaired) electrons. The number of anilines is 1. The molecule has 18 heavy (non-hydrogen) atoms. The van der Waals surface area contributed by atoms with Gasteiger partial charge in [0.1, 0.15) is 11.5 Å². The Kier molecular flexibility index (Phi) is 4.24. The van der Waals surface area contributed by atoms with E-state index in [0.717, 1.165) is 12.8 Å². The van der Waals surface area contributed by atoms with Crippen LogP contribution in [0.2, 0.25) is 0 Å². The van der Waals surface area contributed by atoms with Crippen molar-refractivity contribution in [3.05, 3.63) is 18.1 Å². The van der Waals surface area contributed by atoms with E-state index in [1.54, 1.807) is 7.05 Å². The van der Waals surface area contributed by atoms with Crippen LogP contribution in [-0.2, 0) is 10.8 Å². The molecule has 1 aliphatic heterocycles. The van der Waals surface area contributed by atoms with Crippen molar-refractivity contribution in [2.75, 3.05) is 23.9 Å². The highest BCUT2D eigenvalue weighted by Gasteiger charge is 2.20. The summed E-state index contributed by atoms with van der Waals surface area (Å²) in [6.07, 6.45) is 4.49. The van der Waals surface area contributed by atoms with Crippen LogP contribution in [-0.4, -0.2) is 44.7 Å². The Balaban J connectivity index is 1.92. The summed E-state index contributed by atoms with van der Waals surface area (Å²) in [7, 11) is 1.03. The van der Waals surface area contributed by atoms with Crippen LogP contribution >= 0.6 is 0 Å². The number of carbonyl (C=O) groups excluding carboxylic acids is 1. The van der Waals surface area contributed by atoms with Gasteiger partial charge in [0.05, 0.1) is 12.4 Å². The van der Waals surface area contributed by atoms with E-state index in [9.17, 15) is 9.00 Å². The zero-order valence-electron chi connectivity index (χ0n) is 10.2. The molecule has 1 aliphatic rings. The van der Waals surface area contributed by atoms with Gasteiger partial charge in [0.15, 0.2) is 0 Å². The molecule has 1 saturated heterocycles. The molecule has 1 aromatic heterocycles. The van der Waals surface area contributed by atoms with Gasteiger partial charge in [-0.3, -0.25) is 9.00 Å². The minimum absolute atomic E-state index is 0.0981. The van der Waals surface area contributed by atoms with Crippen LogP contribution in [0.1, 0.15) is 23.3 Å².